The number of nitrogens with one attached hydrogen (secondary N) is 1. The van der Waals surface area contributed by atoms with Gasteiger partial charge in [-0.25, -0.2) is 0 Å². The Kier molecular flexibility index (Phi) is 6.48. The first kappa shape index (κ1) is 19.7. The van der Waals surface area contributed by atoms with E-state index in [1.165, 1.54) is 0 Å². The number of carbonyl (C=O) groups excluding carboxylic acids is 1. The fourth-order valence-corrected chi connectivity index (χ4v) is 2.99. The second kappa shape index (κ2) is 9.22. The van der Waals surface area contributed by atoms with Crippen LogP contribution in [0.3, 0.4) is 0 Å². The van der Waals surface area contributed by atoms with Gasteiger partial charge >= 0.3 is 0 Å². The van der Waals surface area contributed by atoms with Gasteiger partial charge in [-0.1, -0.05) is 62.4 Å². The summed E-state index contributed by atoms with van der Waals surface area (Å²) in [5.74, 6) is 0.972. The minimum atomic E-state index is -0.641. The van der Waals surface area contributed by atoms with E-state index in [4.69, 9.17) is 4.74 Å². The first-order valence-corrected chi connectivity index (χ1v) is 9.62. The highest BCUT2D eigenvalue weighted by Gasteiger charge is 2.23. The van der Waals surface area contributed by atoms with Gasteiger partial charge < -0.3 is 10.1 Å². The first-order chi connectivity index (χ1) is 13.5. The van der Waals surface area contributed by atoms with Crippen LogP contribution in [0.5, 0.6) is 5.75 Å². The molecule has 0 radical (unpaired) electrons. The highest BCUT2D eigenvalue weighted by Crippen LogP contribution is 2.19. The molecule has 0 aliphatic rings. The molecule has 3 rings (SSSR count). The summed E-state index contributed by atoms with van der Waals surface area (Å²) in [5.41, 5.74) is 2.71. The number of carbonyl (C=O) groups is 1. The van der Waals surface area contributed by atoms with E-state index in [9.17, 15) is 4.79 Å². The maximum Gasteiger partial charge on any atom is 0.265 e. The van der Waals surface area contributed by atoms with Gasteiger partial charge in [-0.2, -0.15) is 5.10 Å². The molecule has 1 amide bonds. The van der Waals surface area contributed by atoms with E-state index in [0.717, 1.165) is 23.5 Å². The van der Waals surface area contributed by atoms with Crippen molar-refractivity contribution in [3.05, 3.63) is 78.1 Å². The zero-order chi connectivity index (χ0) is 19.9. The molecule has 5 nitrogen and oxygen atoms in total. The lowest BCUT2D eigenvalue weighted by atomic mass is 10.1. The Balaban J connectivity index is 1.77. The smallest absolute Gasteiger partial charge is 0.265 e. The topological polar surface area (TPSA) is 56.1 Å². The quantitative estimate of drug-likeness (QED) is 0.630. The van der Waals surface area contributed by atoms with Gasteiger partial charge in [-0.05, 0) is 30.5 Å². The molecular weight excluding hydrogens is 350 g/mol. The summed E-state index contributed by atoms with van der Waals surface area (Å²) in [7, 11) is 0. The van der Waals surface area contributed by atoms with E-state index in [0.29, 0.717) is 18.1 Å². The molecule has 0 saturated heterocycles. The third kappa shape index (κ3) is 5.22. The van der Waals surface area contributed by atoms with Crippen molar-refractivity contribution in [1.29, 1.82) is 0 Å². The number of hydrogen-bond acceptors (Lipinski definition) is 3. The van der Waals surface area contributed by atoms with Crippen LogP contribution in [-0.4, -0.2) is 21.8 Å². The molecule has 0 aliphatic carbocycles. The normalized spacial score (nSPS) is 12.0. The summed E-state index contributed by atoms with van der Waals surface area (Å²) in [6, 6.07) is 19.3. The number of benzene rings is 2. The number of amides is 1. The van der Waals surface area contributed by atoms with Gasteiger partial charge in [0, 0.05) is 13.0 Å². The summed E-state index contributed by atoms with van der Waals surface area (Å²) in [6.45, 7) is 7.07. The zero-order valence-electron chi connectivity index (χ0n) is 16.6. The van der Waals surface area contributed by atoms with Crippen molar-refractivity contribution in [1.82, 2.24) is 9.78 Å². The van der Waals surface area contributed by atoms with E-state index in [-0.39, 0.29) is 5.91 Å². The van der Waals surface area contributed by atoms with Gasteiger partial charge in [0.15, 0.2) is 6.10 Å². The molecule has 5 heteroatoms. The molecule has 28 heavy (non-hydrogen) atoms. The third-order valence-corrected chi connectivity index (χ3v) is 4.48. The molecule has 0 spiro atoms. The van der Waals surface area contributed by atoms with Crippen LogP contribution in [0, 0.1) is 12.8 Å². The highest BCUT2D eigenvalue weighted by atomic mass is 16.5. The lowest BCUT2D eigenvalue weighted by Crippen LogP contribution is -2.35. The van der Waals surface area contributed by atoms with Gasteiger partial charge in [0.25, 0.3) is 5.91 Å². The van der Waals surface area contributed by atoms with Crippen LogP contribution in [0.4, 0.5) is 5.69 Å². The van der Waals surface area contributed by atoms with Crippen molar-refractivity contribution in [2.24, 2.45) is 5.92 Å². The molecule has 1 atom stereocenters. The van der Waals surface area contributed by atoms with Crippen LogP contribution in [0.25, 0.3) is 0 Å². The Morgan fingerprint density at radius 3 is 2.36 bits per heavy atom. The van der Waals surface area contributed by atoms with E-state index < -0.39 is 6.10 Å². The van der Waals surface area contributed by atoms with Gasteiger partial charge in [0.1, 0.15) is 5.75 Å². The third-order valence-electron chi connectivity index (χ3n) is 4.48. The zero-order valence-corrected chi connectivity index (χ0v) is 16.6. The molecular formula is C23H27N3O2. The van der Waals surface area contributed by atoms with Crippen molar-refractivity contribution in [2.75, 3.05) is 5.32 Å². The Morgan fingerprint density at radius 1 is 1.07 bits per heavy atom. The minimum Gasteiger partial charge on any atom is -0.480 e. The summed E-state index contributed by atoms with van der Waals surface area (Å²) in [4.78, 5) is 13.0. The molecule has 3 aromatic rings. The fraction of sp³-hybridized carbons (Fsp3) is 0.304. The average Bonchev–Trinajstić information content (AvgIpc) is 3.02. The number of nitrogens with zero attached hydrogens (tertiary/aromatic N) is 2. The summed E-state index contributed by atoms with van der Waals surface area (Å²) in [5, 5.41) is 7.39. The fourth-order valence-electron chi connectivity index (χ4n) is 2.99. The number of para-hydroxylation sites is 1. The lowest BCUT2D eigenvalue weighted by molar-refractivity contribution is -0.122. The van der Waals surface area contributed by atoms with Crippen LogP contribution in [0.15, 0.2) is 66.9 Å². The Morgan fingerprint density at radius 2 is 1.71 bits per heavy atom. The number of hydrogen-bond donors (Lipinski definition) is 1. The summed E-state index contributed by atoms with van der Waals surface area (Å²) >= 11 is 0. The van der Waals surface area contributed by atoms with Crippen LogP contribution >= 0.6 is 0 Å². The molecule has 0 saturated carbocycles. The van der Waals surface area contributed by atoms with Crippen molar-refractivity contribution in [2.45, 2.75) is 39.8 Å². The van der Waals surface area contributed by atoms with Crippen molar-refractivity contribution in [3.63, 3.8) is 0 Å². The van der Waals surface area contributed by atoms with Gasteiger partial charge in [0.05, 0.1) is 17.6 Å². The monoisotopic (exact) mass is 377 g/mol. The molecule has 1 aromatic heterocycles. The Labute approximate surface area is 166 Å². The number of rotatable bonds is 8. The summed E-state index contributed by atoms with van der Waals surface area (Å²) in [6.07, 6.45) is 1.55. The lowest BCUT2D eigenvalue weighted by Gasteiger charge is -2.19. The van der Waals surface area contributed by atoms with Crippen molar-refractivity contribution >= 4 is 11.6 Å². The number of ether oxygens (including phenoxy) is 1. The first-order valence-electron chi connectivity index (χ1n) is 9.62. The van der Waals surface area contributed by atoms with Gasteiger partial charge in [0.2, 0.25) is 0 Å². The van der Waals surface area contributed by atoms with Gasteiger partial charge in [-0.15, -0.1) is 0 Å². The molecule has 146 valence electrons. The molecule has 1 N–H and O–H groups in total. The molecule has 2 aromatic carbocycles. The summed E-state index contributed by atoms with van der Waals surface area (Å²) < 4.78 is 7.95. The second-order valence-electron chi connectivity index (χ2n) is 7.32. The van der Waals surface area contributed by atoms with Crippen molar-refractivity contribution in [3.8, 4) is 5.75 Å². The van der Waals surface area contributed by atoms with Crippen molar-refractivity contribution < 1.29 is 9.53 Å². The second-order valence-corrected chi connectivity index (χ2v) is 7.32. The predicted molar refractivity (Wildman–Crippen MR) is 111 cm³/mol. The van der Waals surface area contributed by atoms with E-state index in [1.807, 2.05) is 72.3 Å². The van der Waals surface area contributed by atoms with E-state index in [1.54, 1.807) is 6.20 Å². The average molecular weight is 377 g/mol. The molecule has 1 heterocycles. The molecule has 1 unspecified atom stereocenters. The number of aromatic nitrogens is 2. The standard InChI is InChI=1S/C23H27N3O2/c1-17(2)16-26-18(3)21(15-24-26)25-23(27)22(14-19-10-6-4-7-11-19)28-20-12-8-5-9-13-20/h4-13,15,17,22H,14,16H2,1-3H3,(H,25,27). The van der Waals surface area contributed by atoms with Crippen LogP contribution in [-0.2, 0) is 17.8 Å². The van der Waals surface area contributed by atoms with Gasteiger partial charge in [-0.3, -0.25) is 9.48 Å². The largest absolute Gasteiger partial charge is 0.480 e. The van der Waals surface area contributed by atoms with E-state index in [2.05, 4.69) is 24.3 Å². The van der Waals surface area contributed by atoms with Crippen LogP contribution in [0.1, 0.15) is 25.1 Å². The highest BCUT2D eigenvalue weighted by molar-refractivity contribution is 5.95. The van der Waals surface area contributed by atoms with Crippen LogP contribution < -0.4 is 10.1 Å². The van der Waals surface area contributed by atoms with E-state index >= 15 is 0 Å². The predicted octanol–water partition coefficient (Wildman–Crippen LogP) is 4.48. The van der Waals surface area contributed by atoms with Crippen LogP contribution in [0.2, 0.25) is 0 Å². The molecule has 0 fully saturated rings. The maximum absolute atomic E-state index is 13.0. The molecule has 0 bridgehead atoms. The number of anilines is 1. The SMILES string of the molecule is Cc1c(NC(=O)C(Cc2ccccc2)Oc2ccccc2)cnn1CC(C)C. The molecule has 0 aliphatic heterocycles. The maximum atomic E-state index is 13.0. The minimum absolute atomic E-state index is 0.181. The Hall–Kier alpha value is -3.08. The Bertz CT molecular complexity index is 847.